The molecule has 6 nitrogen and oxygen atoms in total. The van der Waals surface area contributed by atoms with E-state index in [4.69, 9.17) is 21.7 Å². The number of rotatable bonds is 7. The Kier molecular flexibility index (Phi) is 7.36. The van der Waals surface area contributed by atoms with Crippen LogP contribution in [0.1, 0.15) is 52.1 Å². The molecule has 1 heterocycles. The smallest absolute Gasteiger partial charge is 0.338 e. The van der Waals surface area contributed by atoms with Gasteiger partial charge in [0.2, 0.25) is 0 Å². The standard InChI is InChI=1S/C20H26N2O4S/c1-5-25-19(24)17-13(4)21-20(27)22-18(17)14-7-9-15(10-8-14)26-16(23)11-6-12(2)3/h7-10,12,18H,5-6,11H2,1-4H3,(H2,21,22,27). The van der Waals surface area contributed by atoms with E-state index < -0.39 is 12.0 Å². The number of esters is 2. The Morgan fingerprint density at radius 1 is 1.22 bits per heavy atom. The highest BCUT2D eigenvalue weighted by molar-refractivity contribution is 7.80. The van der Waals surface area contributed by atoms with E-state index in [0.717, 1.165) is 12.0 Å². The third kappa shape index (κ3) is 5.79. The number of ether oxygens (including phenoxy) is 2. The van der Waals surface area contributed by atoms with Gasteiger partial charge in [-0.1, -0.05) is 26.0 Å². The van der Waals surface area contributed by atoms with Crippen molar-refractivity contribution in [2.45, 2.75) is 46.6 Å². The fraction of sp³-hybridized carbons (Fsp3) is 0.450. The lowest BCUT2D eigenvalue weighted by atomic mass is 9.95. The van der Waals surface area contributed by atoms with E-state index in [0.29, 0.717) is 34.5 Å². The van der Waals surface area contributed by atoms with Crippen LogP contribution in [-0.2, 0) is 14.3 Å². The summed E-state index contributed by atoms with van der Waals surface area (Å²) in [4.78, 5) is 24.2. The molecule has 1 atom stereocenters. The average Bonchev–Trinajstić information content (AvgIpc) is 2.60. The fourth-order valence-electron chi connectivity index (χ4n) is 2.74. The van der Waals surface area contributed by atoms with E-state index in [-0.39, 0.29) is 12.6 Å². The Bertz CT molecular complexity index is 741. The molecule has 146 valence electrons. The molecule has 1 aromatic carbocycles. The van der Waals surface area contributed by atoms with Gasteiger partial charge in [-0.2, -0.15) is 0 Å². The van der Waals surface area contributed by atoms with Gasteiger partial charge in [-0.25, -0.2) is 4.79 Å². The summed E-state index contributed by atoms with van der Waals surface area (Å²) >= 11 is 5.22. The molecule has 0 amide bonds. The van der Waals surface area contributed by atoms with Gasteiger partial charge in [0.15, 0.2) is 5.11 Å². The maximum atomic E-state index is 12.4. The molecule has 27 heavy (non-hydrogen) atoms. The van der Waals surface area contributed by atoms with Crippen LogP contribution in [0.4, 0.5) is 0 Å². The highest BCUT2D eigenvalue weighted by Gasteiger charge is 2.30. The summed E-state index contributed by atoms with van der Waals surface area (Å²) in [6.07, 6.45) is 1.18. The second-order valence-electron chi connectivity index (χ2n) is 6.77. The van der Waals surface area contributed by atoms with Crippen LogP contribution in [0.2, 0.25) is 0 Å². The van der Waals surface area contributed by atoms with Crippen LogP contribution in [-0.4, -0.2) is 23.7 Å². The number of benzene rings is 1. The lowest BCUT2D eigenvalue weighted by molar-refractivity contribution is -0.139. The SMILES string of the molecule is CCOC(=O)C1=C(C)NC(=S)NC1c1ccc(OC(=O)CCC(C)C)cc1. The largest absolute Gasteiger partial charge is 0.463 e. The summed E-state index contributed by atoms with van der Waals surface area (Å²) in [5.41, 5.74) is 1.96. The molecule has 1 aliphatic rings. The molecule has 0 fully saturated rings. The molecule has 1 aliphatic heterocycles. The van der Waals surface area contributed by atoms with E-state index in [1.807, 2.05) is 12.1 Å². The fourth-order valence-corrected chi connectivity index (χ4v) is 3.01. The summed E-state index contributed by atoms with van der Waals surface area (Å²) in [5, 5.41) is 6.50. The van der Waals surface area contributed by atoms with Crippen LogP contribution in [0.15, 0.2) is 35.5 Å². The van der Waals surface area contributed by atoms with E-state index >= 15 is 0 Å². The van der Waals surface area contributed by atoms with Gasteiger partial charge in [-0.3, -0.25) is 4.79 Å². The summed E-state index contributed by atoms with van der Waals surface area (Å²) in [6, 6.07) is 6.62. The first-order chi connectivity index (χ1) is 12.8. The summed E-state index contributed by atoms with van der Waals surface area (Å²) in [5.74, 6) is 0.278. The Labute approximate surface area is 165 Å². The molecule has 0 aromatic heterocycles. The van der Waals surface area contributed by atoms with Crippen molar-refractivity contribution in [3.63, 3.8) is 0 Å². The molecular formula is C20H26N2O4S. The summed E-state index contributed by atoms with van der Waals surface area (Å²) in [6.45, 7) is 7.97. The zero-order valence-electron chi connectivity index (χ0n) is 16.1. The molecule has 7 heteroatoms. The number of allylic oxidation sites excluding steroid dienone is 1. The monoisotopic (exact) mass is 390 g/mol. The van der Waals surface area contributed by atoms with Crippen LogP contribution in [0.5, 0.6) is 5.75 Å². The van der Waals surface area contributed by atoms with E-state index in [1.165, 1.54) is 0 Å². The third-order valence-electron chi connectivity index (χ3n) is 4.14. The second kappa shape index (κ2) is 9.50. The van der Waals surface area contributed by atoms with E-state index in [9.17, 15) is 9.59 Å². The second-order valence-corrected chi connectivity index (χ2v) is 7.17. The molecule has 0 spiro atoms. The lowest BCUT2D eigenvalue weighted by Gasteiger charge is -2.29. The highest BCUT2D eigenvalue weighted by atomic mass is 32.1. The maximum absolute atomic E-state index is 12.4. The Balaban J connectivity index is 2.16. The highest BCUT2D eigenvalue weighted by Crippen LogP contribution is 2.29. The van der Waals surface area contributed by atoms with Gasteiger partial charge in [0.05, 0.1) is 18.2 Å². The molecule has 0 radical (unpaired) electrons. The molecule has 0 aliphatic carbocycles. The third-order valence-corrected chi connectivity index (χ3v) is 4.36. The predicted octanol–water partition coefficient (Wildman–Crippen LogP) is 3.38. The molecule has 1 unspecified atom stereocenters. The van der Waals surface area contributed by atoms with Gasteiger partial charge in [-0.05, 0) is 56.1 Å². The number of thiocarbonyl (C=S) groups is 1. The Morgan fingerprint density at radius 3 is 2.48 bits per heavy atom. The normalized spacial score (nSPS) is 16.6. The summed E-state index contributed by atoms with van der Waals surface area (Å²) in [7, 11) is 0. The first-order valence-corrected chi connectivity index (χ1v) is 9.48. The Hall–Kier alpha value is -2.41. The van der Waals surface area contributed by atoms with E-state index in [1.54, 1.807) is 26.0 Å². The van der Waals surface area contributed by atoms with Crippen molar-refractivity contribution in [2.75, 3.05) is 6.61 Å². The first kappa shape index (κ1) is 20.9. The van der Waals surface area contributed by atoms with Crippen molar-refractivity contribution in [2.24, 2.45) is 5.92 Å². The van der Waals surface area contributed by atoms with Gasteiger partial charge in [-0.15, -0.1) is 0 Å². The minimum atomic E-state index is -0.427. The molecule has 2 N–H and O–H groups in total. The average molecular weight is 391 g/mol. The number of nitrogens with one attached hydrogen (secondary N) is 2. The first-order valence-electron chi connectivity index (χ1n) is 9.07. The molecular weight excluding hydrogens is 364 g/mol. The number of hydrogen-bond acceptors (Lipinski definition) is 5. The van der Waals surface area contributed by atoms with Crippen LogP contribution >= 0.6 is 12.2 Å². The van der Waals surface area contributed by atoms with Gasteiger partial charge in [0, 0.05) is 12.1 Å². The maximum Gasteiger partial charge on any atom is 0.338 e. The van der Waals surface area contributed by atoms with Crippen molar-refractivity contribution >= 4 is 29.3 Å². The van der Waals surface area contributed by atoms with Crippen molar-refractivity contribution in [1.82, 2.24) is 10.6 Å². The quantitative estimate of drug-likeness (QED) is 0.420. The van der Waals surface area contributed by atoms with Crippen LogP contribution < -0.4 is 15.4 Å². The minimum Gasteiger partial charge on any atom is -0.463 e. The van der Waals surface area contributed by atoms with Gasteiger partial charge >= 0.3 is 11.9 Å². The van der Waals surface area contributed by atoms with Crippen LogP contribution in [0, 0.1) is 5.92 Å². The minimum absolute atomic E-state index is 0.249. The van der Waals surface area contributed by atoms with Crippen molar-refractivity contribution in [1.29, 1.82) is 0 Å². The molecule has 2 rings (SSSR count). The Morgan fingerprint density at radius 2 is 1.89 bits per heavy atom. The van der Waals surface area contributed by atoms with Crippen molar-refractivity contribution in [3.05, 3.63) is 41.1 Å². The number of hydrogen-bond donors (Lipinski definition) is 2. The van der Waals surface area contributed by atoms with Crippen LogP contribution in [0.3, 0.4) is 0 Å². The number of carbonyl (C=O) groups is 2. The van der Waals surface area contributed by atoms with Gasteiger partial charge in [0.25, 0.3) is 0 Å². The molecule has 0 saturated carbocycles. The zero-order chi connectivity index (χ0) is 20.0. The zero-order valence-corrected chi connectivity index (χ0v) is 16.9. The summed E-state index contributed by atoms with van der Waals surface area (Å²) < 4.78 is 10.5. The molecule has 0 saturated heterocycles. The van der Waals surface area contributed by atoms with E-state index in [2.05, 4.69) is 24.5 Å². The predicted molar refractivity (Wildman–Crippen MR) is 107 cm³/mol. The topological polar surface area (TPSA) is 76.7 Å². The van der Waals surface area contributed by atoms with Crippen molar-refractivity contribution < 1.29 is 19.1 Å². The van der Waals surface area contributed by atoms with Gasteiger partial charge in [0.1, 0.15) is 5.75 Å². The number of carbonyl (C=O) groups excluding carboxylic acids is 2. The van der Waals surface area contributed by atoms with Gasteiger partial charge < -0.3 is 20.1 Å². The van der Waals surface area contributed by atoms with Crippen LogP contribution in [0.25, 0.3) is 0 Å². The molecule has 0 bridgehead atoms. The van der Waals surface area contributed by atoms with Crippen molar-refractivity contribution in [3.8, 4) is 5.75 Å². The lowest BCUT2D eigenvalue weighted by Crippen LogP contribution is -2.45. The molecule has 1 aromatic rings.